The molecule has 1 fully saturated rings. The molecule has 0 amide bonds. The Kier molecular flexibility index (Phi) is 9.69. The van der Waals surface area contributed by atoms with Gasteiger partial charge in [0.2, 0.25) is 0 Å². The molecule has 47 heavy (non-hydrogen) atoms. The molecule has 0 bridgehead atoms. The molecule has 4 aromatic rings. The Labute approximate surface area is 301 Å². The first-order chi connectivity index (χ1) is 21.2. The first kappa shape index (κ1) is 36.1. The Morgan fingerprint density at radius 3 is 1.13 bits per heavy atom. The zero-order valence-corrected chi connectivity index (χ0v) is 33.9. The summed E-state index contributed by atoms with van der Waals surface area (Å²) in [5, 5.41) is 0. The Bertz CT molecular complexity index is 1750. The number of fused-ring (bicyclic) bond motifs is 2. The molecule has 0 aromatic heterocycles. The molecule has 1 heterocycles. The van der Waals surface area contributed by atoms with Gasteiger partial charge in [-0.3, -0.25) is 0 Å². The van der Waals surface area contributed by atoms with Crippen LogP contribution in [-0.2, 0) is 31.1 Å². The Morgan fingerprint density at radius 2 is 0.830 bits per heavy atom. The maximum Gasteiger partial charge on any atom is -1.00 e. The maximum atomic E-state index is 2.59. The first-order valence-electron chi connectivity index (χ1n) is 17.1. The molecule has 4 aromatic carbocycles. The monoisotopic (exact) mass is 738 g/mol. The summed E-state index contributed by atoms with van der Waals surface area (Å²) in [6.07, 6.45) is 5.18. The van der Waals surface area contributed by atoms with E-state index in [0.717, 1.165) is 0 Å². The second-order valence-electron chi connectivity index (χ2n) is 16.5. The molecule has 244 valence electrons. The Balaban J connectivity index is 0.00000217. The molecule has 3 heteroatoms. The van der Waals surface area contributed by atoms with Crippen LogP contribution in [0.2, 0.25) is 8.26 Å². The van der Waals surface area contributed by atoms with E-state index in [1.807, 2.05) is 0 Å². The number of hydrogen-bond donors (Lipinski definition) is 0. The minimum absolute atomic E-state index is 0. The van der Waals surface area contributed by atoms with Crippen LogP contribution in [0.4, 0.5) is 0 Å². The standard InChI is InChI=1S/2C21H23.C2H4.2ClH.Zr/c2*1-14-12-19-15(2)6-11-18(20(19)13-14)16-7-9-17(10-8-16)21(3,4)5;1-2;;;/h2*6-13H,1-5H3;1-2H2;2*1H;/q;;;;;+2/p-2. The van der Waals surface area contributed by atoms with Crippen molar-refractivity contribution >= 4 is 12.2 Å². The van der Waals surface area contributed by atoms with Gasteiger partial charge in [0.15, 0.2) is 0 Å². The third-order valence-corrected chi connectivity index (χ3v) is 24.7. The summed E-state index contributed by atoms with van der Waals surface area (Å²) in [6.45, 7) is 23.5. The fourth-order valence-electron chi connectivity index (χ4n) is 8.82. The summed E-state index contributed by atoms with van der Waals surface area (Å²) in [4.78, 5) is 0. The number of allylic oxidation sites excluding steroid dienone is 2. The summed E-state index contributed by atoms with van der Waals surface area (Å²) < 4.78 is 4.31. The van der Waals surface area contributed by atoms with E-state index >= 15 is 0 Å². The zero-order chi connectivity index (χ0) is 32.1. The van der Waals surface area contributed by atoms with Gasteiger partial charge >= 0.3 is 279 Å². The summed E-state index contributed by atoms with van der Waals surface area (Å²) in [7, 11) is 0. The molecule has 0 spiro atoms. The van der Waals surface area contributed by atoms with Gasteiger partial charge in [-0.25, -0.2) is 0 Å². The van der Waals surface area contributed by atoms with Crippen LogP contribution in [-0.4, -0.2) is 0 Å². The van der Waals surface area contributed by atoms with Crippen LogP contribution in [0.15, 0.2) is 83.9 Å². The maximum absolute atomic E-state index is 2.74. The van der Waals surface area contributed by atoms with E-state index < -0.39 is 20.3 Å². The molecule has 1 aliphatic heterocycles. The third-order valence-electron chi connectivity index (χ3n) is 11.3. The molecule has 0 radical (unpaired) electrons. The minimum Gasteiger partial charge on any atom is -1.00 e. The molecule has 1 saturated heterocycles. The van der Waals surface area contributed by atoms with Gasteiger partial charge in [-0.2, -0.15) is 0 Å². The molecule has 2 aliphatic carbocycles. The summed E-state index contributed by atoms with van der Waals surface area (Å²) in [5.74, 6) is 0. The van der Waals surface area contributed by atoms with Gasteiger partial charge in [0.1, 0.15) is 0 Å². The van der Waals surface area contributed by atoms with Crippen LogP contribution >= 0.6 is 0 Å². The van der Waals surface area contributed by atoms with E-state index in [0.29, 0.717) is 7.25 Å². The van der Waals surface area contributed by atoms with Crippen LogP contribution in [0.1, 0.15) is 107 Å². The van der Waals surface area contributed by atoms with Crippen LogP contribution in [0.25, 0.3) is 34.4 Å². The van der Waals surface area contributed by atoms with Crippen LogP contribution in [0.5, 0.6) is 0 Å². The second-order valence-corrected chi connectivity index (χ2v) is 27.9. The van der Waals surface area contributed by atoms with Crippen molar-refractivity contribution in [2.75, 3.05) is 0 Å². The first-order valence-corrected chi connectivity index (χ1v) is 23.4. The van der Waals surface area contributed by atoms with E-state index in [-0.39, 0.29) is 35.6 Å². The van der Waals surface area contributed by atoms with Crippen molar-refractivity contribution in [3.63, 3.8) is 0 Å². The Morgan fingerprint density at radius 1 is 0.489 bits per heavy atom. The number of benzene rings is 4. The van der Waals surface area contributed by atoms with Crippen LogP contribution in [0, 0.1) is 13.8 Å². The molecule has 7 rings (SSSR count). The predicted octanol–water partition coefficient (Wildman–Crippen LogP) is 6.86. The normalized spacial score (nSPS) is 18.5. The number of rotatable bonds is 4. The van der Waals surface area contributed by atoms with Crippen molar-refractivity contribution < 1.29 is 45.1 Å². The van der Waals surface area contributed by atoms with Gasteiger partial charge in [-0.05, 0) is 0 Å². The van der Waals surface area contributed by atoms with Crippen molar-refractivity contribution in [1.29, 1.82) is 0 Å². The predicted molar refractivity (Wildman–Crippen MR) is 193 cm³/mol. The van der Waals surface area contributed by atoms with Crippen LogP contribution in [0.3, 0.4) is 0 Å². The molecule has 0 nitrogen and oxygen atoms in total. The van der Waals surface area contributed by atoms with E-state index in [1.165, 1.54) is 63.9 Å². The summed E-state index contributed by atoms with van der Waals surface area (Å²) in [6, 6.07) is 28.4. The molecule has 2 unspecified atom stereocenters. The zero-order valence-electron chi connectivity index (χ0n) is 29.9. The SMILES string of the molecule is CC1=Cc2c(-c3ccc(C(C)(C)C)cc3)ccc(C)c2[CH]1[Zr+2]1([CH]2C(C)=Cc3c(-c4ccc(C(C)(C)C)cc4)ccc(C)c32)[CH2][CH2]1.[Cl-].[Cl-]. The number of halogens is 2. The van der Waals surface area contributed by atoms with E-state index in [1.54, 1.807) is 22.3 Å². The fourth-order valence-corrected chi connectivity index (χ4v) is 27.0. The number of aryl methyl sites for hydroxylation is 2. The smallest absolute Gasteiger partial charge is 1.00 e. The van der Waals surface area contributed by atoms with Gasteiger partial charge in [0.05, 0.1) is 0 Å². The average Bonchev–Trinajstić information content (AvgIpc) is 3.55. The topological polar surface area (TPSA) is 0 Å². The van der Waals surface area contributed by atoms with Gasteiger partial charge in [0, 0.05) is 0 Å². The molecular weight excluding hydrogens is 691 g/mol. The van der Waals surface area contributed by atoms with Gasteiger partial charge in [-0.15, -0.1) is 0 Å². The minimum atomic E-state index is -2.74. The largest absolute Gasteiger partial charge is 1.00 e. The average molecular weight is 741 g/mol. The summed E-state index contributed by atoms with van der Waals surface area (Å²) in [5.41, 5.74) is 21.3. The number of hydrogen-bond acceptors (Lipinski definition) is 0. The van der Waals surface area contributed by atoms with E-state index in [4.69, 9.17) is 0 Å². The summed E-state index contributed by atoms with van der Waals surface area (Å²) >= 11 is -2.74. The molecule has 0 N–H and O–H groups in total. The van der Waals surface area contributed by atoms with Gasteiger partial charge in [0.25, 0.3) is 0 Å². The molecular formula is C44H50Cl2Zr. The third kappa shape index (κ3) is 6.02. The van der Waals surface area contributed by atoms with Crippen molar-refractivity contribution in [2.45, 2.75) is 95.6 Å². The van der Waals surface area contributed by atoms with E-state index in [2.05, 4.69) is 154 Å². The molecule has 2 atom stereocenters. The molecule has 0 saturated carbocycles. The van der Waals surface area contributed by atoms with Gasteiger partial charge < -0.3 is 24.8 Å². The van der Waals surface area contributed by atoms with E-state index in [9.17, 15) is 0 Å². The van der Waals surface area contributed by atoms with Gasteiger partial charge in [-0.1, -0.05) is 0 Å². The fraction of sp³-hybridized carbons (Fsp3) is 0.364. The molecule has 3 aliphatic rings. The second kappa shape index (κ2) is 12.6. The van der Waals surface area contributed by atoms with Crippen molar-refractivity contribution in [3.8, 4) is 22.3 Å². The van der Waals surface area contributed by atoms with Crippen molar-refractivity contribution in [1.82, 2.24) is 0 Å². The van der Waals surface area contributed by atoms with Crippen molar-refractivity contribution in [3.05, 3.63) is 128 Å². The van der Waals surface area contributed by atoms with Crippen molar-refractivity contribution in [2.24, 2.45) is 0 Å². The quantitative estimate of drug-likeness (QED) is 0.215. The van der Waals surface area contributed by atoms with Crippen LogP contribution < -0.4 is 24.8 Å². The Hall–Kier alpha value is -2.18.